The van der Waals surface area contributed by atoms with Crippen molar-refractivity contribution in [3.63, 3.8) is 0 Å². The maximum Gasteiger partial charge on any atom is 0.313 e. The number of esters is 1. The molecule has 2 unspecified atom stereocenters. The van der Waals surface area contributed by atoms with Gasteiger partial charge in [0.05, 0.1) is 13.2 Å². The highest BCUT2D eigenvalue weighted by Crippen LogP contribution is 2.15. The molecule has 31 heavy (non-hydrogen) atoms. The van der Waals surface area contributed by atoms with Crippen molar-refractivity contribution in [3.8, 4) is 0 Å². The fraction of sp³-hybridized carbons (Fsp3) is 0.923. The van der Waals surface area contributed by atoms with Gasteiger partial charge in [-0.05, 0) is 31.6 Å². The van der Waals surface area contributed by atoms with Crippen molar-refractivity contribution in [1.29, 1.82) is 0 Å². The molecular formula is C26H50O5. The van der Waals surface area contributed by atoms with E-state index in [1.807, 2.05) is 0 Å². The molecule has 0 radical (unpaired) electrons. The Hall–Kier alpha value is -0.940. The summed E-state index contributed by atoms with van der Waals surface area (Å²) in [6.45, 7) is 11.5. The van der Waals surface area contributed by atoms with E-state index in [9.17, 15) is 9.59 Å². The number of hydrogen-bond donors (Lipinski definition) is 0. The van der Waals surface area contributed by atoms with Gasteiger partial charge in [0, 0.05) is 0 Å². The highest BCUT2D eigenvalue weighted by Gasteiger charge is 2.17. The van der Waals surface area contributed by atoms with Crippen LogP contribution in [0.25, 0.3) is 0 Å². The van der Waals surface area contributed by atoms with Crippen molar-refractivity contribution in [2.24, 2.45) is 11.8 Å². The first-order valence-electron chi connectivity index (χ1n) is 12.8. The minimum Gasteiger partial charge on any atom is -0.460 e. The van der Waals surface area contributed by atoms with Crippen LogP contribution >= 0.6 is 0 Å². The largest absolute Gasteiger partial charge is 0.460 e. The van der Waals surface area contributed by atoms with E-state index in [2.05, 4.69) is 27.7 Å². The number of rotatable bonds is 22. The van der Waals surface area contributed by atoms with Crippen LogP contribution in [0.5, 0.6) is 0 Å². The van der Waals surface area contributed by atoms with Crippen molar-refractivity contribution >= 4 is 11.8 Å². The molecule has 0 bridgehead atoms. The molecular weight excluding hydrogens is 392 g/mol. The van der Waals surface area contributed by atoms with E-state index in [0.29, 0.717) is 25.0 Å². The van der Waals surface area contributed by atoms with Crippen molar-refractivity contribution in [1.82, 2.24) is 0 Å². The van der Waals surface area contributed by atoms with Crippen LogP contribution in [-0.2, 0) is 23.8 Å². The van der Waals surface area contributed by atoms with Crippen LogP contribution in [0.1, 0.15) is 118 Å². The fourth-order valence-electron chi connectivity index (χ4n) is 3.46. The Morgan fingerprint density at radius 1 is 0.677 bits per heavy atom. The molecule has 0 rings (SSSR count). The van der Waals surface area contributed by atoms with Crippen LogP contribution in [0.4, 0.5) is 0 Å². The van der Waals surface area contributed by atoms with Gasteiger partial charge in [-0.2, -0.15) is 0 Å². The molecule has 0 saturated heterocycles. The summed E-state index contributed by atoms with van der Waals surface area (Å²) in [4.78, 5) is 22.8. The van der Waals surface area contributed by atoms with Gasteiger partial charge in [0.2, 0.25) is 0 Å². The molecule has 0 aliphatic heterocycles. The first-order chi connectivity index (χ1) is 14.9. The first-order valence-corrected chi connectivity index (χ1v) is 12.8. The third-order valence-electron chi connectivity index (χ3n) is 5.51. The molecule has 184 valence electrons. The topological polar surface area (TPSA) is 61.8 Å². The summed E-state index contributed by atoms with van der Waals surface area (Å²) in [6, 6.07) is 0. The Bertz CT molecular complexity index is 414. The summed E-state index contributed by atoms with van der Waals surface area (Å²) < 4.78 is 17.1. The third kappa shape index (κ3) is 20.7. The van der Waals surface area contributed by atoms with E-state index in [4.69, 9.17) is 14.2 Å². The molecule has 5 nitrogen and oxygen atoms in total. The number of unbranched alkanes of at least 4 members (excludes halogenated alkanes) is 8. The molecule has 0 saturated carbocycles. The molecule has 0 aromatic rings. The molecule has 0 fully saturated rings. The second-order valence-electron chi connectivity index (χ2n) is 9.27. The summed E-state index contributed by atoms with van der Waals surface area (Å²) in [5.41, 5.74) is 0. The fourth-order valence-corrected chi connectivity index (χ4v) is 3.46. The van der Waals surface area contributed by atoms with Crippen molar-refractivity contribution in [3.05, 3.63) is 0 Å². The lowest BCUT2D eigenvalue weighted by molar-refractivity contribution is -0.190. The molecule has 0 heterocycles. The maximum absolute atomic E-state index is 11.7. The summed E-state index contributed by atoms with van der Waals surface area (Å²) in [5.74, 6) is 0.169. The van der Waals surface area contributed by atoms with Gasteiger partial charge in [-0.15, -0.1) is 0 Å². The SMILES string of the molecule is CCCCCCCC(C)COC(COC(=O)CC(C)=O)OCC(C)CCCCCCC. The molecule has 0 aromatic heterocycles. The van der Waals surface area contributed by atoms with Gasteiger partial charge >= 0.3 is 5.97 Å². The van der Waals surface area contributed by atoms with E-state index in [0.717, 1.165) is 12.8 Å². The Kier molecular flexibility index (Phi) is 20.3. The predicted molar refractivity (Wildman–Crippen MR) is 127 cm³/mol. The zero-order valence-electron chi connectivity index (χ0n) is 21.1. The number of carbonyl (C=O) groups is 2. The van der Waals surface area contributed by atoms with Gasteiger partial charge in [-0.25, -0.2) is 0 Å². The summed E-state index contributed by atoms with van der Waals surface area (Å²) in [6.07, 6.45) is 14.2. The van der Waals surface area contributed by atoms with E-state index < -0.39 is 12.3 Å². The zero-order valence-corrected chi connectivity index (χ0v) is 21.1. The highest BCUT2D eigenvalue weighted by molar-refractivity contribution is 5.94. The van der Waals surface area contributed by atoms with Gasteiger partial charge in [0.25, 0.3) is 0 Å². The second kappa shape index (κ2) is 20.9. The van der Waals surface area contributed by atoms with E-state index in [1.165, 1.54) is 71.1 Å². The molecule has 0 amide bonds. The number of ketones is 1. The number of carbonyl (C=O) groups excluding carboxylic acids is 2. The van der Waals surface area contributed by atoms with Crippen molar-refractivity contribution in [2.45, 2.75) is 124 Å². The van der Waals surface area contributed by atoms with E-state index in [-0.39, 0.29) is 18.8 Å². The van der Waals surface area contributed by atoms with Crippen molar-refractivity contribution < 1.29 is 23.8 Å². The van der Waals surface area contributed by atoms with Crippen LogP contribution in [0.2, 0.25) is 0 Å². The third-order valence-corrected chi connectivity index (χ3v) is 5.51. The van der Waals surface area contributed by atoms with Crippen LogP contribution in [0.15, 0.2) is 0 Å². The van der Waals surface area contributed by atoms with Gasteiger partial charge in [-0.3, -0.25) is 9.59 Å². The van der Waals surface area contributed by atoms with Crippen molar-refractivity contribution in [2.75, 3.05) is 19.8 Å². The molecule has 0 spiro atoms. The average Bonchev–Trinajstić information content (AvgIpc) is 2.72. The highest BCUT2D eigenvalue weighted by atomic mass is 16.7. The minimum atomic E-state index is -0.569. The normalized spacial score (nSPS) is 14.2. The lowest BCUT2D eigenvalue weighted by Crippen LogP contribution is -2.29. The number of hydrogen-bond acceptors (Lipinski definition) is 5. The summed E-state index contributed by atoms with van der Waals surface area (Å²) in [5, 5.41) is 0. The molecule has 5 heteroatoms. The second-order valence-corrected chi connectivity index (χ2v) is 9.27. The van der Waals surface area contributed by atoms with Gasteiger partial charge in [-0.1, -0.05) is 91.9 Å². The lowest BCUT2D eigenvalue weighted by Gasteiger charge is -2.22. The maximum atomic E-state index is 11.7. The molecule has 0 aliphatic rings. The number of Topliss-reactive ketones (excluding diaryl/α,β-unsaturated/α-hetero) is 1. The quantitative estimate of drug-likeness (QED) is 0.0793. The van der Waals surface area contributed by atoms with Crippen LogP contribution in [0.3, 0.4) is 0 Å². The minimum absolute atomic E-state index is 0.0402. The Morgan fingerprint density at radius 2 is 1.13 bits per heavy atom. The average molecular weight is 443 g/mol. The smallest absolute Gasteiger partial charge is 0.313 e. The Labute approximate surface area is 192 Å². The predicted octanol–water partition coefficient (Wildman–Crippen LogP) is 6.86. The van der Waals surface area contributed by atoms with Gasteiger partial charge in [0.15, 0.2) is 6.29 Å². The van der Waals surface area contributed by atoms with E-state index >= 15 is 0 Å². The lowest BCUT2D eigenvalue weighted by atomic mass is 10.0. The number of ether oxygens (including phenoxy) is 3. The standard InChI is InChI=1S/C26H50O5/c1-6-8-10-12-14-16-22(3)19-30-26(21-29-25(28)18-24(5)27)31-20-23(4)17-15-13-11-9-7-2/h22-23,26H,6-21H2,1-5H3. The molecule has 0 aromatic carbocycles. The van der Waals surface area contributed by atoms with Gasteiger partial charge < -0.3 is 14.2 Å². The van der Waals surface area contributed by atoms with Crippen LogP contribution in [0, 0.1) is 11.8 Å². The zero-order chi connectivity index (χ0) is 23.3. The van der Waals surface area contributed by atoms with E-state index in [1.54, 1.807) is 0 Å². The Morgan fingerprint density at radius 3 is 1.55 bits per heavy atom. The first kappa shape index (κ1) is 30.1. The van der Waals surface area contributed by atoms with Crippen LogP contribution in [-0.4, -0.2) is 37.9 Å². The monoisotopic (exact) mass is 442 g/mol. The molecule has 0 aliphatic carbocycles. The summed E-state index contributed by atoms with van der Waals surface area (Å²) in [7, 11) is 0. The molecule has 0 N–H and O–H groups in total. The van der Waals surface area contributed by atoms with Gasteiger partial charge in [0.1, 0.15) is 18.8 Å². The molecule has 2 atom stereocenters. The van der Waals surface area contributed by atoms with Crippen LogP contribution < -0.4 is 0 Å². The Balaban J connectivity index is 4.31. The summed E-state index contributed by atoms with van der Waals surface area (Å²) >= 11 is 0.